The first-order valence-corrected chi connectivity index (χ1v) is 3.85. The highest BCUT2D eigenvalue weighted by atomic mass is 79.9. The van der Waals surface area contributed by atoms with Gasteiger partial charge in [0.05, 0.1) is 16.2 Å². The minimum absolute atomic E-state index is 0.266. The van der Waals surface area contributed by atoms with Crippen LogP contribution < -0.4 is 0 Å². The van der Waals surface area contributed by atoms with Crippen LogP contribution in [0.4, 0.5) is 4.39 Å². The van der Waals surface area contributed by atoms with Crippen LogP contribution in [0, 0.1) is 5.82 Å². The van der Waals surface area contributed by atoms with Crippen molar-refractivity contribution < 1.29 is 4.39 Å². The van der Waals surface area contributed by atoms with Crippen LogP contribution >= 0.6 is 15.9 Å². The molecular weight excluding hydrogens is 211 g/mol. The number of aromatic nitrogens is 2. The van der Waals surface area contributed by atoms with Crippen molar-refractivity contribution in [3.05, 3.63) is 34.8 Å². The Morgan fingerprint density at radius 3 is 3.09 bits per heavy atom. The maximum atomic E-state index is 12.8. The molecule has 2 heterocycles. The Morgan fingerprint density at radius 2 is 2.27 bits per heavy atom. The third-order valence-electron chi connectivity index (χ3n) is 1.47. The molecule has 0 unspecified atom stereocenters. The summed E-state index contributed by atoms with van der Waals surface area (Å²) in [6.45, 7) is 0. The van der Waals surface area contributed by atoms with E-state index < -0.39 is 0 Å². The van der Waals surface area contributed by atoms with E-state index in [2.05, 4.69) is 21.0 Å². The van der Waals surface area contributed by atoms with E-state index in [9.17, 15) is 4.39 Å². The van der Waals surface area contributed by atoms with E-state index in [-0.39, 0.29) is 5.82 Å². The van der Waals surface area contributed by atoms with Crippen molar-refractivity contribution in [3.63, 3.8) is 0 Å². The van der Waals surface area contributed by atoms with E-state index in [4.69, 9.17) is 0 Å². The van der Waals surface area contributed by atoms with Crippen molar-refractivity contribution in [2.24, 2.45) is 0 Å². The van der Waals surface area contributed by atoms with Crippen LogP contribution in [0.15, 0.2) is 29.0 Å². The number of nitrogens with zero attached hydrogens (tertiary/aromatic N) is 2. The highest BCUT2D eigenvalue weighted by Crippen LogP contribution is 2.20. The summed E-state index contributed by atoms with van der Waals surface area (Å²) in [5.41, 5.74) is 0.741. The molecule has 0 saturated carbocycles. The third kappa shape index (κ3) is 0.939. The van der Waals surface area contributed by atoms with Crippen LogP contribution in [0.3, 0.4) is 0 Å². The molecule has 0 atom stereocenters. The summed E-state index contributed by atoms with van der Waals surface area (Å²) in [6.07, 6.45) is 3.20. The van der Waals surface area contributed by atoms with Gasteiger partial charge in [-0.1, -0.05) is 0 Å². The van der Waals surface area contributed by atoms with Crippen molar-refractivity contribution in [1.82, 2.24) is 9.61 Å². The zero-order valence-corrected chi connectivity index (χ0v) is 7.05. The number of rotatable bonds is 0. The smallest absolute Gasteiger partial charge is 0.141 e. The fourth-order valence-electron chi connectivity index (χ4n) is 0.938. The predicted octanol–water partition coefficient (Wildman–Crippen LogP) is 2.24. The zero-order chi connectivity index (χ0) is 7.84. The van der Waals surface area contributed by atoms with Gasteiger partial charge in [-0.15, -0.1) is 0 Å². The van der Waals surface area contributed by atoms with Gasteiger partial charge in [-0.05, 0) is 28.1 Å². The predicted molar refractivity (Wildman–Crippen MR) is 42.9 cm³/mol. The standard InChI is InChI=1S/C7H4BrFN2/c8-7-5(9)2-4-11-6(7)1-3-10-11/h1-4H. The van der Waals surface area contributed by atoms with Crippen LogP contribution in [-0.2, 0) is 0 Å². The molecule has 0 saturated heterocycles. The van der Waals surface area contributed by atoms with Crippen molar-refractivity contribution >= 4 is 21.4 Å². The van der Waals surface area contributed by atoms with E-state index in [1.807, 2.05) is 0 Å². The molecule has 0 aliphatic carbocycles. The zero-order valence-electron chi connectivity index (χ0n) is 5.46. The Hall–Kier alpha value is -0.900. The van der Waals surface area contributed by atoms with Crippen molar-refractivity contribution in [3.8, 4) is 0 Å². The van der Waals surface area contributed by atoms with Crippen molar-refractivity contribution in [1.29, 1.82) is 0 Å². The number of hydrogen-bond donors (Lipinski definition) is 0. The second kappa shape index (κ2) is 2.30. The van der Waals surface area contributed by atoms with Crippen LogP contribution in [0.25, 0.3) is 5.52 Å². The fourth-order valence-corrected chi connectivity index (χ4v) is 1.38. The van der Waals surface area contributed by atoms with Crippen molar-refractivity contribution in [2.45, 2.75) is 0 Å². The molecular formula is C7H4BrFN2. The SMILES string of the molecule is Fc1ccn2nccc2c1Br. The summed E-state index contributed by atoms with van der Waals surface area (Å²) in [5.74, 6) is -0.266. The number of halogens is 2. The third-order valence-corrected chi connectivity index (χ3v) is 2.25. The Morgan fingerprint density at radius 1 is 1.45 bits per heavy atom. The van der Waals surface area contributed by atoms with E-state index in [0.29, 0.717) is 4.47 Å². The summed E-state index contributed by atoms with van der Waals surface area (Å²) in [7, 11) is 0. The monoisotopic (exact) mass is 214 g/mol. The molecule has 2 nitrogen and oxygen atoms in total. The second-order valence-corrected chi connectivity index (χ2v) is 2.93. The normalized spacial score (nSPS) is 10.7. The largest absolute Gasteiger partial charge is 0.240 e. The van der Waals surface area contributed by atoms with Crippen LogP contribution in [0.2, 0.25) is 0 Å². The molecule has 4 heteroatoms. The maximum Gasteiger partial charge on any atom is 0.141 e. The molecule has 0 aliphatic rings. The molecule has 0 N–H and O–H groups in total. The Kier molecular flexibility index (Phi) is 1.42. The van der Waals surface area contributed by atoms with Gasteiger partial charge in [0.25, 0.3) is 0 Å². The van der Waals surface area contributed by atoms with E-state index in [0.717, 1.165) is 5.52 Å². The minimum Gasteiger partial charge on any atom is -0.240 e. The van der Waals surface area contributed by atoms with Gasteiger partial charge in [-0.2, -0.15) is 5.10 Å². The molecule has 56 valence electrons. The van der Waals surface area contributed by atoms with E-state index >= 15 is 0 Å². The van der Waals surface area contributed by atoms with Crippen LogP contribution in [-0.4, -0.2) is 9.61 Å². The molecule has 11 heavy (non-hydrogen) atoms. The van der Waals surface area contributed by atoms with Gasteiger partial charge in [-0.25, -0.2) is 8.91 Å². The molecule has 0 fully saturated rings. The lowest BCUT2D eigenvalue weighted by Gasteiger charge is -1.95. The van der Waals surface area contributed by atoms with Crippen LogP contribution in [0.1, 0.15) is 0 Å². The lowest BCUT2D eigenvalue weighted by molar-refractivity contribution is 0.618. The van der Waals surface area contributed by atoms with E-state index in [1.54, 1.807) is 23.0 Å². The number of pyridine rings is 1. The van der Waals surface area contributed by atoms with Crippen molar-refractivity contribution in [2.75, 3.05) is 0 Å². The molecule has 2 aromatic heterocycles. The first-order chi connectivity index (χ1) is 5.29. The molecule has 0 amide bonds. The van der Waals surface area contributed by atoms with E-state index in [1.165, 1.54) is 6.07 Å². The van der Waals surface area contributed by atoms with Gasteiger partial charge in [0.15, 0.2) is 0 Å². The number of fused-ring (bicyclic) bond motifs is 1. The Labute approximate surface area is 70.8 Å². The quantitative estimate of drug-likeness (QED) is 0.658. The molecule has 0 spiro atoms. The highest BCUT2D eigenvalue weighted by molar-refractivity contribution is 9.10. The first kappa shape index (κ1) is 6.79. The van der Waals surface area contributed by atoms with Gasteiger partial charge in [0.1, 0.15) is 5.82 Å². The van der Waals surface area contributed by atoms with Gasteiger partial charge >= 0.3 is 0 Å². The summed E-state index contributed by atoms with van der Waals surface area (Å²) < 4.78 is 14.9. The average Bonchev–Trinajstić information content (AvgIpc) is 2.45. The van der Waals surface area contributed by atoms with Gasteiger partial charge in [0.2, 0.25) is 0 Å². The fraction of sp³-hybridized carbons (Fsp3) is 0. The molecule has 2 aromatic rings. The number of hydrogen-bond acceptors (Lipinski definition) is 1. The summed E-state index contributed by atoms with van der Waals surface area (Å²) >= 11 is 3.12. The summed E-state index contributed by atoms with van der Waals surface area (Å²) in [6, 6.07) is 3.11. The minimum atomic E-state index is -0.266. The molecule has 0 radical (unpaired) electrons. The molecule has 2 rings (SSSR count). The second-order valence-electron chi connectivity index (χ2n) is 2.14. The maximum absolute atomic E-state index is 12.8. The molecule has 0 bridgehead atoms. The molecule has 0 aromatic carbocycles. The average molecular weight is 215 g/mol. The highest BCUT2D eigenvalue weighted by Gasteiger charge is 2.03. The summed E-state index contributed by atoms with van der Waals surface area (Å²) in [4.78, 5) is 0. The molecule has 0 aliphatic heterocycles. The Bertz CT molecular complexity index is 396. The lowest BCUT2D eigenvalue weighted by Crippen LogP contribution is -1.88. The Balaban J connectivity index is 2.93. The van der Waals surface area contributed by atoms with Crippen LogP contribution in [0.5, 0.6) is 0 Å². The van der Waals surface area contributed by atoms with Gasteiger partial charge in [0, 0.05) is 6.20 Å². The lowest BCUT2D eigenvalue weighted by atomic mass is 10.4. The topological polar surface area (TPSA) is 17.3 Å². The summed E-state index contributed by atoms with van der Waals surface area (Å²) in [5, 5.41) is 3.94. The van der Waals surface area contributed by atoms with Gasteiger partial charge < -0.3 is 0 Å². The first-order valence-electron chi connectivity index (χ1n) is 3.06. The van der Waals surface area contributed by atoms with Gasteiger partial charge in [-0.3, -0.25) is 0 Å².